The van der Waals surface area contributed by atoms with E-state index in [1.54, 1.807) is 0 Å². The second-order valence-electron chi connectivity index (χ2n) is 4.79. The summed E-state index contributed by atoms with van der Waals surface area (Å²) in [7, 11) is 0. The average molecular weight is 269 g/mol. The topological polar surface area (TPSA) is 52.3 Å². The summed E-state index contributed by atoms with van der Waals surface area (Å²) in [5, 5.41) is 0. The van der Waals surface area contributed by atoms with Crippen molar-refractivity contribution in [3.8, 4) is 0 Å². The Morgan fingerprint density at radius 3 is 2.20 bits per heavy atom. The van der Waals surface area contributed by atoms with Crippen molar-refractivity contribution in [2.75, 3.05) is 0 Å². The van der Waals surface area contributed by atoms with Gasteiger partial charge in [0.05, 0.1) is 0 Å². The van der Waals surface area contributed by atoms with E-state index in [9.17, 15) is 4.79 Å². The van der Waals surface area contributed by atoms with Crippen molar-refractivity contribution >= 4 is 5.97 Å². The number of esters is 1. The molecular formula is C17H19NO2. The van der Waals surface area contributed by atoms with Crippen LogP contribution in [-0.2, 0) is 16.0 Å². The number of carbonyl (C=O) groups is 1. The Hall–Kier alpha value is -2.13. The Kier molecular flexibility index (Phi) is 4.91. The molecule has 3 nitrogen and oxygen atoms in total. The lowest BCUT2D eigenvalue weighted by Gasteiger charge is -2.17. The summed E-state index contributed by atoms with van der Waals surface area (Å²) in [6, 6.07) is 18.7. The fraction of sp³-hybridized carbons (Fsp3) is 0.235. The standard InChI is InChI=1S/C17H19NO2/c1-13(15-10-6-3-7-11-15)20-17(19)16(18)12-14-8-4-2-5-9-14/h2-11,13,16H,12,18H2,1H3/t13-,16?/m0/s1. The molecule has 0 radical (unpaired) electrons. The maximum Gasteiger partial charge on any atom is 0.323 e. The van der Waals surface area contributed by atoms with Crippen molar-refractivity contribution in [3.63, 3.8) is 0 Å². The van der Waals surface area contributed by atoms with Crippen LogP contribution < -0.4 is 5.73 Å². The normalized spacial score (nSPS) is 13.5. The molecule has 2 N–H and O–H groups in total. The minimum Gasteiger partial charge on any atom is -0.457 e. The van der Waals surface area contributed by atoms with Crippen LogP contribution in [0.25, 0.3) is 0 Å². The fourth-order valence-corrected chi connectivity index (χ4v) is 2.01. The monoisotopic (exact) mass is 269 g/mol. The van der Waals surface area contributed by atoms with E-state index in [0.717, 1.165) is 11.1 Å². The van der Waals surface area contributed by atoms with Gasteiger partial charge in [-0.05, 0) is 24.5 Å². The predicted molar refractivity (Wildman–Crippen MR) is 79.1 cm³/mol. The third kappa shape index (κ3) is 3.93. The Morgan fingerprint density at radius 1 is 1.05 bits per heavy atom. The number of benzene rings is 2. The number of hydrogen-bond donors (Lipinski definition) is 1. The zero-order valence-electron chi connectivity index (χ0n) is 11.5. The molecule has 20 heavy (non-hydrogen) atoms. The van der Waals surface area contributed by atoms with Crippen LogP contribution in [-0.4, -0.2) is 12.0 Å². The van der Waals surface area contributed by atoms with Crippen LogP contribution in [0.5, 0.6) is 0 Å². The van der Waals surface area contributed by atoms with Gasteiger partial charge < -0.3 is 10.5 Å². The van der Waals surface area contributed by atoms with E-state index in [4.69, 9.17) is 10.5 Å². The summed E-state index contributed by atoms with van der Waals surface area (Å²) in [6.45, 7) is 1.85. The average Bonchev–Trinajstić information content (AvgIpc) is 2.49. The van der Waals surface area contributed by atoms with Crippen LogP contribution in [0.2, 0.25) is 0 Å². The molecule has 2 atom stereocenters. The van der Waals surface area contributed by atoms with Crippen molar-refractivity contribution in [1.82, 2.24) is 0 Å². The molecule has 104 valence electrons. The van der Waals surface area contributed by atoms with Crippen molar-refractivity contribution in [1.29, 1.82) is 0 Å². The summed E-state index contributed by atoms with van der Waals surface area (Å²) in [5.41, 5.74) is 7.90. The van der Waals surface area contributed by atoms with Gasteiger partial charge in [-0.15, -0.1) is 0 Å². The van der Waals surface area contributed by atoms with Gasteiger partial charge in [-0.3, -0.25) is 4.79 Å². The second kappa shape index (κ2) is 6.87. The van der Waals surface area contributed by atoms with Gasteiger partial charge in [0.1, 0.15) is 12.1 Å². The van der Waals surface area contributed by atoms with Crippen molar-refractivity contribution in [2.45, 2.75) is 25.5 Å². The van der Waals surface area contributed by atoms with Crippen molar-refractivity contribution in [3.05, 3.63) is 71.8 Å². The van der Waals surface area contributed by atoms with Crippen molar-refractivity contribution < 1.29 is 9.53 Å². The Labute approximate surface area is 119 Å². The van der Waals surface area contributed by atoms with Gasteiger partial charge in [0.2, 0.25) is 0 Å². The number of carbonyl (C=O) groups excluding carboxylic acids is 1. The smallest absolute Gasteiger partial charge is 0.323 e. The molecule has 0 fully saturated rings. The number of hydrogen-bond acceptors (Lipinski definition) is 3. The third-order valence-electron chi connectivity index (χ3n) is 3.16. The van der Waals surface area contributed by atoms with Crippen LogP contribution in [0.4, 0.5) is 0 Å². The van der Waals surface area contributed by atoms with Gasteiger partial charge in [-0.25, -0.2) is 0 Å². The molecule has 0 aliphatic heterocycles. The molecule has 2 aromatic rings. The second-order valence-corrected chi connectivity index (χ2v) is 4.79. The fourth-order valence-electron chi connectivity index (χ4n) is 2.01. The first-order valence-corrected chi connectivity index (χ1v) is 6.72. The third-order valence-corrected chi connectivity index (χ3v) is 3.16. The molecule has 0 spiro atoms. The van der Waals surface area contributed by atoms with Gasteiger partial charge in [-0.2, -0.15) is 0 Å². The number of nitrogens with two attached hydrogens (primary N) is 1. The molecule has 0 aliphatic rings. The minimum absolute atomic E-state index is 0.287. The lowest BCUT2D eigenvalue weighted by molar-refractivity contribution is -0.150. The Bertz CT molecular complexity index is 539. The molecule has 0 aromatic heterocycles. The molecule has 2 rings (SSSR count). The van der Waals surface area contributed by atoms with Gasteiger partial charge in [-0.1, -0.05) is 60.7 Å². The predicted octanol–water partition coefficient (Wildman–Crippen LogP) is 2.86. The summed E-state index contributed by atoms with van der Waals surface area (Å²) in [6.07, 6.45) is 0.201. The van der Waals surface area contributed by atoms with Gasteiger partial charge in [0, 0.05) is 0 Å². The van der Waals surface area contributed by atoms with E-state index in [-0.39, 0.29) is 12.1 Å². The van der Waals surface area contributed by atoms with Gasteiger partial charge >= 0.3 is 5.97 Å². The lowest BCUT2D eigenvalue weighted by Crippen LogP contribution is -2.34. The minimum atomic E-state index is -0.636. The van der Waals surface area contributed by atoms with Gasteiger partial charge in [0.15, 0.2) is 0 Å². The maximum atomic E-state index is 12.0. The first-order chi connectivity index (χ1) is 9.66. The Morgan fingerprint density at radius 2 is 1.60 bits per heavy atom. The molecule has 2 aromatic carbocycles. The summed E-state index contributed by atoms with van der Waals surface area (Å²) in [4.78, 5) is 12.0. The Balaban J connectivity index is 1.91. The number of ether oxygens (including phenoxy) is 1. The highest BCUT2D eigenvalue weighted by Crippen LogP contribution is 2.17. The largest absolute Gasteiger partial charge is 0.457 e. The quantitative estimate of drug-likeness (QED) is 0.849. The molecule has 1 unspecified atom stereocenters. The maximum absolute atomic E-state index is 12.0. The van der Waals surface area contributed by atoms with Crippen molar-refractivity contribution in [2.24, 2.45) is 5.73 Å². The van der Waals surface area contributed by atoms with E-state index in [1.165, 1.54) is 0 Å². The van der Waals surface area contributed by atoms with E-state index in [1.807, 2.05) is 67.6 Å². The highest BCUT2D eigenvalue weighted by atomic mass is 16.5. The molecule has 3 heteroatoms. The highest BCUT2D eigenvalue weighted by molar-refractivity contribution is 5.76. The molecule has 0 saturated heterocycles. The first-order valence-electron chi connectivity index (χ1n) is 6.72. The van der Waals surface area contributed by atoms with E-state index >= 15 is 0 Å². The molecular weight excluding hydrogens is 250 g/mol. The SMILES string of the molecule is C[C@H](OC(=O)C(N)Cc1ccccc1)c1ccccc1. The lowest BCUT2D eigenvalue weighted by atomic mass is 10.1. The van der Waals surface area contributed by atoms with Gasteiger partial charge in [0.25, 0.3) is 0 Å². The van der Waals surface area contributed by atoms with E-state index in [2.05, 4.69) is 0 Å². The zero-order valence-corrected chi connectivity index (χ0v) is 11.5. The molecule has 0 amide bonds. The number of rotatable bonds is 5. The molecule has 0 saturated carbocycles. The van der Waals surface area contributed by atoms with E-state index < -0.39 is 6.04 Å². The van der Waals surface area contributed by atoms with E-state index in [0.29, 0.717) is 6.42 Å². The van der Waals surface area contributed by atoms with Crippen LogP contribution in [0.1, 0.15) is 24.2 Å². The zero-order chi connectivity index (χ0) is 14.4. The first kappa shape index (κ1) is 14.3. The molecule has 0 heterocycles. The van der Waals surface area contributed by atoms with Crippen LogP contribution >= 0.6 is 0 Å². The van der Waals surface area contributed by atoms with Crippen LogP contribution in [0, 0.1) is 0 Å². The summed E-state index contributed by atoms with van der Waals surface area (Å²) >= 11 is 0. The summed E-state index contributed by atoms with van der Waals surface area (Å²) in [5.74, 6) is -0.370. The van der Waals surface area contributed by atoms with Crippen LogP contribution in [0.15, 0.2) is 60.7 Å². The molecule has 0 aliphatic carbocycles. The van der Waals surface area contributed by atoms with Crippen LogP contribution in [0.3, 0.4) is 0 Å². The highest BCUT2D eigenvalue weighted by Gasteiger charge is 2.19. The molecule has 0 bridgehead atoms. The summed E-state index contributed by atoms with van der Waals surface area (Å²) < 4.78 is 5.41.